The van der Waals surface area contributed by atoms with E-state index in [1.54, 1.807) is 6.20 Å². The largest absolute Gasteiger partial charge is 0.447 e. The molecule has 6 heteroatoms. The summed E-state index contributed by atoms with van der Waals surface area (Å²) in [6.45, 7) is 7.28. The van der Waals surface area contributed by atoms with Crippen LogP contribution in [0.3, 0.4) is 0 Å². The van der Waals surface area contributed by atoms with Crippen molar-refractivity contribution in [2.75, 3.05) is 13.1 Å². The number of aromatic nitrogens is 2. The summed E-state index contributed by atoms with van der Waals surface area (Å²) in [5.41, 5.74) is 5.18. The molecule has 0 unspecified atom stereocenters. The second kappa shape index (κ2) is 9.88. The molecule has 0 radical (unpaired) electrons. The van der Waals surface area contributed by atoms with Gasteiger partial charge in [-0.1, -0.05) is 29.8 Å². The summed E-state index contributed by atoms with van der Waals surface area (Å²) in [6, 6.07) is 12.4. The van der Waals surface area contributed by atoms with Gasteiger partial charge in [0.1, 0.15) is 6.26 Å². The van der Waals surface area contributed by atoms with Gasteiger partial charge in [-0.05, 0) is 55.9 Å². The number of oxazole rings is 1. The molecule has 3 aromatic rings. The third-order valence-electron chi connectivity index (χ3n) is 5.65. The molecule has 2 aromatic heterocycles. The predicted octanol–water partition coefficient (Wildman–Crippen LogP) is 4.07. The summed E-state index contributed by atoms with van der Waals surface area (Å²) < 4.78 is 5.65. The van der Waals surface area contributed by atoms with Gasteiger partial charge in [0, 0.05) is 37.9 Å². The summed E-state index contributed by atoms with van der Waals surface area (Å²) >= 11 is 0. The van der Waals surface area contributed by atoms with Gasteiger partial charge in [0.2, 0.25) is 5.89 Å². The zero-order valence-electron chi connectivity index (χ0n) is 18.3. The van der Waals surface area contributed by atoms with Crippen molar-refractivity contribution in [3.05, 3.63) is 82.8 Å². The molecule has 1 N–H and O–H groups in total. The van der Waals surface area contributed by atoms with Crippen LogP contribution in [0.15, 0.2) is 53.3 Å². The number of aryl methyl sites for hydroxylation is 2. The van der Waals surface area contributed by atoms with Gasteiger partial charge in [-0.2, -0.15) is 0 Å². The number of nitrogens with zero attached hydrogens (tertiary/aromatic N) is 3. The first-order valence-electron chi connectivity index (χ1n) is 11.0. The van der Waals surface area contributed by atoms with Crippen molar-refractivity contribution in [3.63, 3.8) is 0 Å². The van der Waals surface area contributed by atoms with Crippen molar-refractivity contribution in [2.24, 2.45) is 5.92 Å². The van der Waals surface area contributed by atoms with Crippen LogP contribution in [0.2, 0.25) is 0 Å². The van der Waals surface area contributed by atoms with E-state index in [-0.39, 0.29) is 5.91 Å². The Bertz CT molecular complexity index is 1010. The van der Waals surface area contributed by atoms with Crippen LogP contribution in [0.5, 0.6) is 0 Å². The van der Waals surface area contributed by atoms with E-state index in [4.69, 9.17) is 4.42 Å². The highest BCUT2D eigenvalue weighted by atomic mass is 16.3. The van der Waals surface area contributed by atoms with Crippen LogP contribution < -0.4 is 5.32 Å². The Morgan fingerprint density at radius 1 is 1.19 bits per heavy atom. The van der Waals surface area contributed by atoms with Gasteiger partial charge in [0.25, 0.3) is 5.91 Å². The molecule has 162 valence electrons. The maximum absolute atomic E-state index is 12.4. The lowest BCUT2D eigenvalue weighted by Gasteiger charge is -2.22. The van der Waals surface area contributed by atoms with Crippen molar-refractivity contribution in [1.29, 1.82) is 0 Å². The normalized spacial score (nSPS) is 13.5. The van der Waals surface area contributed by atoms with E-state index in [1.165, 1.54) is 35.8 Å². The molecule has 0 atom stereocenters. The average molecular weight is 419 g/mol. The van der Waals surface area contributed by atoms with E-state index in [9.17, 15) is 4.79 Å². The molecular weight excluding hydrogens is 388 g/mol. The molecule has 1 aliphatic rings. The van der Waals surface area contributed by atoms with Gasteiger partial charge >= 0.3 is 0 Å². The summed E-state index contributed by atoms with van der Waals surface area (Å²) in [6.07, 6.45) is 6.48. The number of benzene rings is 1. The predicted molar refractivity (Wildman–Crippen MR) is 120 cm³/mol. The van der Waals surface area contributed by atoms with Crippen LogP contribution in [0.25, 0.3) is 0 Å². The molecule has 0 saturated heterocycles. The third-order valence-corrected chi connectivity index (χ3v) is 5.65. The molecule has 1 fully saturated rings. The topological polar surface area (TPSA) is 71.3 Å². The summed E-state index contributed by atoms with van der Waals surface area (Å²) in [5.74, 6) is 1.13. The number of rotatable bonds is 10. The van der Waals surface area contributed by atoms with Crippen LogP contribution in [-0.4, -0.2) is 33.9 Å². The zero-order chi connectivity index (χ0) is 21.6. The molecule has 2 heterocycles. The van der Waals surface area contributed by atoms with Crippen LogP contribution in [-0.2, 0) is 19.5 Å². The first-order chi connectivity index (χ1) is 15.1. The lowest BCUT2D eigenvalue weighted by molar-refractivity contribution is 0.0949. The molecular formula is C25H30N4O2. The molecule has 31 heavy (non-hydrogen) atoms. The van der Waals surface area contributed by atoms with Crippen molar-refractivity contribution in [1.82, 2.24) is 20.2 Å². The Hall–Kier alpha value is -2.99. The number of hydrogen-bond acceptors (Lipinski definition) is 5. The Morgan fingerprint density at radius 3 is 2.84 bits per heavy atom. The molecule has 0 bridgehead atoms. The van der Waals surface area contributed by atoms with E-state index in [0.717, 1.165) is 24.7 Å². The lowest BCUT2D eigenvalue weighted by atomic mass is 10.1. The van der Waals surface area contributed by atoms with E-state index in [1.807, 2.05) is 18.2 Å². The van der Waals surface area contributed by atoms with Crippen LogP contribution in [0.4, 0.5) is 0 Å². The molecule has 1 aliphatic carbocycles. The fraction of sp³-hybridized carbons (Fsp3) is 0.400. The van der Waals surface area contributed by atoms with Crippen LogP contribution in [0, 0.1) is 19.8 Å². The van der Waals surface area contributed by atoms with Gasteiger partial charge in [0.15, 0.2) is 5.69 Å². The van der Waals surface area contributed by atoms with Gasteiger partial charge in [-0.15, -0.1) is 0 Å². The second-order valence-corrected chi connectivity index (χ2v) is 8.50. The molecule has 6 nitrogen and oxygen atoms in total. The molecule has 0 spiro atoms. The minimum Gasteiger partial charge on any atom is -0.447 e. The first-order valence-corrected chi connectivity index (χ1v) is 11.0. The first kappa shape index (κ1) is 21.2. The molecule has 4 rings (SSSR count). The quantitative estimate of drug-likeness (QED) is 0.537. The van der Waals surface area contributed by atoms with Crippen molar-refractivity contribution >= 4 is 5.91 Å². The zero-order valence-corrected chi connectivity index (χ0v) is 18.3. The summed E-state index contributed by atoms with van der Waals surface area (Å²) in [7, 11) is 0. The second-order valence-electron chi connectivity index (χ2n) is 8.50. The standard InChI is InChI=1S/C25H30N4O2/c1-18-6-7-19(2)21(13-18)15-29(14-20-8-9-20)16-24-28-23(17-31-24)25(30)27-12-10-22-5-3-4-11-26-22/h3-7,11,13,17,20H,8-10,12,14-16H2,1-2H3,(H,27,30). The van der Waals surface area contributed by atoms with Crippen molar-refractivity contribution in [3.8, 4) is 0 Å². The van der Waals surface area contributed by atoms with Crippen molar-refractivity contribution in [2.45, 2.75) is 46.2 Å². The Kier molecular flexibility index (Phi) is 6.77. The molecule has 0 aliphatic heterocycles. The van der Waals surface area contributed by atoms with Crippen molar-refractivity contribution < 1.29 is 9.21 Å². The molecule has 1 saturated carbocycles. The lowest BCUT2D eigenvalue weighted by Crippen LogP contribution is -2.27. The van der Waals surface area contributed by atoms with Gasteiger partial charge in [-0.3, -0.25) is 14.7 Å². The smallest absolute Gasteiger partial charge is 0.273 e. The SMILES string of the molecule is Cc1ccc(C)c(CN(Cc2nc(C(=O)NCCc3ccccn3)co2)CC2CC2)c1. The van der Waals surface area contributed by atoms with Crippen LogP contribution >= 0.6 is 0 Å². The Morgan fingerprint density at radius 2 is 2.06 bits per heavy atom. The number of pyridine rings is 1. The number of carbonyl (C=O) groups is 1. The maximum Gasteiger partial charge on any atom is 0.273 e. The number of nitrogens with one attached hydrogen (secondary N) is 1. The monoisotopic (exact) mass is 418 g/mol. The van der Waals surface area contributed by atoms with E-state index in [0.29, 0.717) is 31.1 Å². The van der Waals surface area contributed by atoms with Gasteiger partial charge in [-0.25, -0.2) is 4.98 Å². The number of hydrogen-bond donors (Lipinski definition) is 1. The minimum absolute atomic E-state index is 0.214. The Balaban J connectivity index is 1.34. The van der Waals surface area contributed by atoms with E-state index >= 15 is 0 Å². The highest BCUT2D eigenvalue weighted by molar-refractivity contribution is 5.91. The fourth-order valence-corrected chi connectivity index (χ4v) is 3.68. The number of amides is 1. The maximum atomic E-state index is 12.4. The van der Waals surface area contributed by atoms with Gasteiger partial charge in [0.05, 0.1) is 6.54 Å². The van der Waals surface area contributed by atoms with E-state index < -0.39 is 0 Å². The van der Waals surface area contributed by atoms with Crippen LogP contribution in [0.1, 0.15) is 51.6 Å². The van der Waals surface area contributed by atoms with E-state index in [2.05, 4.69) is 52.2 Å². The Labute approximate surface area is 183 Å². The number of carbonyl (C=O) groups excluding carboxylic acids is 1. The fourth-order valence-electron chi connectivity index (χ4n) is 3.68. The van der Waals surface area contributed by atoms with Gasteiger partial charge < -0.3 is 9.73 Å². The third kappa shape index (κ3) is 6.25. The highest BCUT2D eigenvalue weighted by Gasteiger charge is 2.25. The molecule has 1 amide bonds. The summed E-state index contributed by atoms with van der Waals surface area (Å²) in [5, 5.41) is 2.89. The summed E-state index contributed by atoms with van der Waals surface area (Å²) in [4.78, 5) is 23.5. The highest BCUT2D eigenvalue weighted by Crippen LogP contribution is 2.31. The average Bonchev–Trinajstić information content (AvgIpc) is 3.45. The minimum atomic E-state index is -0.214. The molecule has 1 aromatic carbocycles.